The maximum atomic E-state index is 14.8. The van der Waals surface area contributed by atoms with E-state index in [4.69, 9.17) is 4.74 Å². The van der Waals surface area contributed by atoms with Crippen molar-refractivity contribution in [3.8, 4) is 11.1 Å². The largest absolute Gasteiger partial charge is 0.381 e. The van der Waals surface area contributed by atoms with Gasteiger partial charge in [0.1, 0.15) is 0 Å². The predicted molar refractivity (Wildman–Crippen MR) is 128 cm³/mol. The Hall–Kier alpha value is -3.30. The Morgan fingerprint density at radius 3 is 2.76 bits per heavy atom. The first-order valence-corrected chi connectivity index (χ1v) is 12.1. The molecule has 5 heterocycles. The van der Waals surface area contributed by atoms with Crippen LogP contribution in [0.2, 0.25) is 0 Å². The Labute approximate surface area is 200 Å². The van der Waals surface area contributed by atoms with Crippen LogP contribution < -0.4 is 0 Å². The van der Waals surface area contributed by atoms with Gasteiger partial charge in [0.25, 0.3) is 0 Å². The Morgan fingerprint density at radius 1 is 1.06 bits per heavy atom. The molecule has 0 radical (unpaired) electrons. The van der Waals surface area contributed by atoms with Crippen LogP contribution in [0.15, 0.2) is 65.2 Å². The average molecular weight is 475 g/mol. The van der Waals surface area contributed by atoms with Crippen LogP contribution in [0.5, 0.6) is 0 Å². The lowest BCUT2D eigenvalue weighted by atomic mass is 9.93. The minimum absolute atomic E-state index is 0.205. The van der Waals surface area contributed by atoms with Crippen LogP contribution in [0.1, 0.15) is 18.4 Å². The molecule has 9 heteroatoms. The molecule has 0 saturated carbocycles. The maximum Gasteiger partial charge on any atom is 0.200 e. The molecule has 1 aromatic carbocycles. The molecule has 1 saturated heterocycles. The zero-order chi connectivity index (χ0) is 23.1. The molecule has 1 aliphatic heterocycles. The number of halogens is 1. The second-order valence-corrected chi connectivity index (χ2v) is 9.76. The summed E-state index contributed by atoms with van der Waals surface area (Å²) in [6.07, 6.45) is 10.6. The number of fused-ring (bicyclic) bond motifs is 2. The molecule has 0 unspecified atom stereocenters. The van der Waals surface area contributed by atoms with E-state index >= 15 is 0 Å². The van der Waals surface area contributed by atoms with Gasteiger partial charge in [-0.3, -0.25) is 14.1 Å². The molecular formula is C25H23FN6OS. The molecule has 0 amide bonds. The third-order valence-electron chi connectivity index (χ3n) is 6.25. The van der Waals surface area contributed by atoms with Crippen LogP contribution in [0.3, 0.4) is 0 Å². The standard InChI is InChI=1S/C25H23FN6OS/c1-31-14-20(13-28-31)19-11-22(26)24-29-30-25(32(24)15-19)34-21-2-3-23-18(10-21)9-17(12-27-23)8-16-4-6-33-7-5-16/h2-3,9-16H,4-8H2,1H3. The van der Waals surface area contributed by atoms with Gasteiger partial charge in [-0.2, -0.15) is 5.10 Å². The van der Waals surface area contributed by atoms with Crippen molar-refractivity contribution >= 4 is 28.3 Å². The molecule has 0 atom stereocenters. The van der Waals surface area contributed by atoms with E-state index in [2.05, 4.69) is 32.4 Å². The van der Waals surface area contributed by atoms with Gasteiger partial charge in [0.05, 0.1) is 11.7 Å². The summed E-state index contributed by atoms with van der Waals surface area (Å²) < 4.78 is 23.6. The van der Waals surface area contributed by atoms with Gasteiger partial charge in [0, 0.05) is 60.3 Å². The SMILES string of the molecule is Cn1cc(-c2cc(F)c3nnc(Sc4ccc5ncc(CC6CCOCC6)cc5c4)n3c2)cn1. The second kappa shape index (κ2) is 8.81. The van der Waals surface area contributed by atoms with Crippen LogP contribution >= 0.6 is 11.8 Å². The summed E-state index contributed by atoms with van der Waals surface area (Å²) in [5, 5.41) is 14.2. The summed E-state index contributed by atoms with van der Waals surface area (Å²) in [6, 6.07) is 9.84. The van der Waals surface area contributed by atoms with Gasteiger partial charge < -0.3 is 4.74 Å². The van der Waals surface area contributed by atoms with Crippen molar-refractivity contribution in [2.45, 2.75) is 29.3 Å². The highest BCUT2D eigenvalue weighted by atomic mass is 32.2. The van der Waals surface area contributed by atoms with Gasteiger partial charge in [0.2, 0.25) is 5.16 Å². The van der Waals surface area contributed by atoms with Crippen LogP contribution in [-0.4, -0.2) is 42.6 Å². The second-order valence-electron chi connectivity index (χ2n) is 8.72. The maximum absolute atomic E-state index is 14.8. The quantitative estimate of drug-likeness (QED) is 0.360. The molecule has 5 aromatic rings. The van der Waals surface area contributed by atoms with Crippen LogP contribution in [0, 0.1) is 11.7 Å². The van der Waals surface area contributed by atoms with E-state index < -0.39 is 5.82 Å². The number of ether oxygens (including phenoxy) is 1. The molecule has 0 aliphatic carbocycles. The molecule has 0 spiro atoms. The number of hydrogen-bond acceptors (Lipinski definition) is 6. The minimum atomic E-state index is -0.416. The molecule has 172 valence electrons. The van der Waals surface area contributed by atoms with E-state index in [1.807, 2.05) is 37.8 Å². The highest BCUT2D eigenvalue weighted by molar-refractivity contribution is 7.99. The smallest absolute Gasteiger partial charge is 0.200 e. The molecular weight excluding hydrogens is 451 g/mol. The van der Waals surface area contributed by atoms with E-state index in [9.17, 15) is 4.39 Å². The number of nitrogens with zero attached hydrogens (tertiary/aromatic N) is 6. The molecule has 1 fully saturated rings. The van der Waals surface area contributed by atoms with Crippen LogP contribution in [0.25, 0.3) is 27.7 Å². The first-order valence-electron chi connectivity index (χ1n) is 11.3. The first-order chi connectivity index (χ1) is 16.6. The Bertz CT molecular complexity index is 1490. The van der Waals surface area contributed by atoms with Crippen molar-refractivity contribution in [1.82, 2.24) is 29.4 Å². The number of aryl methyl sites for hydroxylation is 1. The number of hydrogen-bond donors (Lipinski definition) is 0. The number of benzene rings is 1. The predicted octanol–water partition coefficient (Wildman–Crippen LogP) is 4.94. The monoisotopic (exact) mass is 474 g/mol. The Balaban J connectivity index is 1.30. The summed E-state index contributed by atoms with van der Waals surface area (Å²) >= 11 is 1.46. The molecule has 0 bridgehead atoms. The summed E-state index contributed by atoms with van der Waals surface area (Å²) in [7, 11) is 1.84. The van der Waals surface area contributed by atoms with Crippen molar-refractivity contribution in [1.29, 1.82) is 0 Å². The van der Waals surface area contributed by atoms with Crippen molar-refractivity contribution in [3.63, 3.8) is 0 Å². The van der Waals surface area contributed by atoms with Gasteiger partial charge >= 0.3 is 0 Å². The Kier molecular flexibility index (Phi) is 5.50. The molecule has 4 aromatic heterocycles. The van der Waals surface area contributed by atoms with Crippen molar-refractivity contribution in [2.24, 2.45) is 13.0 Å². The van der Waals surface area contributed by atoms with Crippen molar-refractivity contribution < 1.29 is 9.13 Å². The highest BCUT2D eigenvalue weighted by Crippen LogP contribution is 2.31. The van der Waals surface area contributed by atoms with Crippen molar-refractivity contribution in [3.05, 3.63) is 66.5 Å². The molecule has 7 nitrogen and oxygen atoms in total. The summed E-state index contributed by atoms with van der Waals surface area (Å²) in [6.45, 7) is 1.70. The number of pyridine rings is 2. The van der Waals surface area contributed by atoms with E-state index in [0.29, 0.717) is 11.1 Å². The lowest BCUT2D eigenvalue weighted by molar-refractivity contribution is 0.0665. The third-order valence-corrected chi connectivity index (χ3v) is 7.20. The zero-order valence-electron chi connectivity index (χ0n) is 18.7. The third kappa shape index (κ3) is 4.17. The van der Waals surface area contributed by atoms with E-state index in [-0.39, 0.29) is 5.65 Å². The molecule has 6 rings (SSSR count). The van der Waals surface area contributed by atoms with Gasteiger partial charge in [-0.1, -0.05) is 0 Å². The van der Waals surface area contributed by atoms with Gasteiger partial charge in [-0.05, 0) is 72.8 Å². The number of rotatable bonds is 5. The van der Waals surface area contributed by atoms with Crippen LogP contribution in [-0.2, 0) is 18.2 Å². The van der Waals surface area contributed by atoms with Crippen LogP contribution in [0.4, 0.5) is 4.39 Å². The lowest BCUT2D eigenvalue weighted by Crippen LogP contribution is -2.17. The van der Waals surface area contributed by atoms with Gasteiger partial charge in [-0.25, -0.2) is 4.39 Å². The summed E-state index contributed by atoms with van der Waals surface area (Å²) in [5.41, 5.74) is 3.96. The lowest BCUT2D eigenvalue weighted by Gasteiger charge is -2.21. The summed E-state index contributed by atoms with van der Waals surface area (Å²) in [5.74, 6) is 0.234. The summed E-state index contributed by atoms with van der Waals surface area (Å²) in [4.78, 5) is 5.66. The topological polar surface area (TPSA) is 70.1 Å². The normalized spacial score (nSPS) is 14.9. The molecule has 0 N–H and O–H groups in total. The number of aromatic nitrogens is 6. The van der Waals surface area contributed by atoms with Gasteiger partial charge in [-0.15, -0.1) is 10.2 Å². The fraction of sp³-hybridized carbons (Fsp3) is 0.280. The van der Waals surface area contributed by atoms with Gasteiger partial charge in [0.15, 0.2) is 11.5 Å². The fourth-order valence-corrected chi connectivity index (χ4v) is 5.30. The van der Waals surface area contributed by atoms with Crippen molar-refractivity contribution in [2.75, 3.05) is 13.2 Å². The fourth-order valence-electron chi connectivity index (χ4n) is 4.45. The van der Waals surface area contributed by atoms with E-state index in [1.54, 1.807) is 15.3 Å². The van der Waals surface area contributed by atoms with E-state index in [1.165, 1.54) is 23.4 Å². The van der Waals surface area contributed by atoms with E-state index in [0.717, 1.165) is 59.4 Å². The average Bonchev–Trinajstić information content (AvgIpc) is 3.46. The highest BCUT2D eigenvalue weighted by Gasteiger charge is 2.16. The Morgan fingerprint density at radius 2 is 1.94 bits per heavy atom. The zero-order valence-corrected chi connectivity index (χ0v) is 19.5. The minimum Gasteiger partial charge on any atom is -0.381 e. The molecule has 34 heavy (non-hydrogen) atoms. The molecule has 1 aliphatic rings. The first kappa shape index (κ1) is 21.2.